The monoisotopic (exact) mass is 477 g/mol. The van der Waals surface area contributed by atoms with Crippen molar-refractivity contribution < 1.29 is 19.0 Å². The topological polar surface area (TPSA) is 54.5 Å². The fraction of sp³-hybridized carbons (Fsp3) is 0.409. The predicted octanol–water partition coefficient (Wildman–Crippen LogP) is 3.85. The molecule has 3 rings (SSSR count). The maximum Gasteiger partial charge on any atom is 0.414 e. The summed E-state index contributed by atoms with van der Waals surface area (Å²) in [6.07, 6.45) is -0.438. The number of amides is 1. The summed E-state index contributed by atoms with van der Waals surface area (Å²) in [5.41, 5.74) is 2.17. The molecule has 30 heavy (non-hydrogen) atoms. The van der Waals surface area contributed by atoms with E-state index in [4.69, 9.17) is 14.2 Å². The molecule has 0 unspecified atom stereocenters. The maximum absolute atomic E-state index is 12.0. The molecule has 1 fully saturated rings. The lowest BCUT2D eigenvalue weighted by atomic mass is 10.1. The second-order valence-corrected chi connectivity index (χ2v) is 8.15. The molecular weight excluding hydrogens is 450 g/mol. The van der Waals surface area contributed by atoms with Crippen LogP contribution >= 0.6 is 15.9 Å². The van der Waals surface area contributed by atoms with Crippen LogP contribution in [0.25, 0.3) is 0 Å². The van der Waals surface area contributed by atoms with E-state index in [9.17, 15) is 4.79 Å². The molecule has 0 aromatic heterocycles. The van der Waals surface area contributed by atoms with Gasteiger partial charge in [0.1, 0.15) is 5.75 Å². The number of piperazine rings is 1. The number of anilines is 1. The molecule has 8 heteroatoms. The zero-order chi connectivity index (χ0) is 21.7. The van der Waals surface area contributed by atoms with E-state index in [0.29, 0.717) is 11.5 Å². The molecule has 0 aliphatic carbocycles. The summed E-state index contributed by atoms with van der Waals surface area (Å²) >= 11 is 3.63. The molecule has 0 bridgehead atoms. The molecule has 0 N–H and O–H groups in total. The minimum absolute atomic E-state index is 0.419. The lowest BCUT2D eigenvalue weighted by molar-refractivity contribution is 0.170. The van der Waals surface area contributed by atoms with Gasteiger partial charge < -0.3 is 24.0 Å². The highest BCUT2D eigenvalue weighted by atomic mass is 79.9. The van der Waals surface area contributed by atoms with E-state index >= 15 is 0 Å². The minimum atomic E-state index is -0.438. The minimum Gasteiger partial charge on any atom is -0.495 e. The van der Waals surface area contributed by atoms with Crippen LogP contribution in [0.3, 0.4) is 0 Å². The Morgan fingerprint density at radius 3 is 2.30 bits per heavy atom. The van der Waals surface area contributed by atoms with Gasteiger partial charge >= 0.3 is 6.09 Å². The third-order valence-electron chi connectivity index (χ3n) is 5.09. The van der Waals surface area contributed by atoms with Gasteiger partial charge in [-0.15, -0.1) is 0 Å². The van der Waals surface area contributed by atoms with Crippen LogP contribution in [0.4, 0.5) is 10.5 Å². The Morgan fingerprint density at radius 2 is 1.67 bits per heavy atom. The number of benzene rings is 2. The zero-order valence-electron chi connectivity index (χ0n) is 17.9. The van der Waals surface area contributed by atoms with Gasteiger partial charge in [-0.1, -0.05) is 28.1 Å². The molecule has 1 amide bonds. The van der Waals surface area contributed by atoms with E-state index in [1.54, 1.807) is 28.3 Å². The molecule has 162 valence electrons. The summed E-state index contributed by atoms with van der Waals surface area (Å²) in [5.74, 6) is 1.83. The molecule has 1 heterocycles. The second-order valence-electron chi connectivity index (χ2n) is 7.29. The molecule has 7 nitrogen and oxygen atoms in total. The van der Waals surface area contributed by atoms with Crippen LogP contribution in [0.5, 0.6) is 17.2 Å². The maximum atomic E-state index is 12.0. The van der Waals surface area contributed by atoms with Crippen molar-refractivity contribution in [3.05, 3.63) is 46.4 Å². The summed E-state index contributed by atoms with van der Waals surface area (Å²) < 4.78 is 17.3. The number of carbonyl (C=O) groups is 1. The Hall–Kier alpha value is -2.45. The van der Waals surface area contributed by atoms with Gasteiger partial charge in [0.15, 0.2) is 11.5 Å². The van der Waals surface area contributed by atoms with Gasteiger partial charge in [-0.25, -0.2) is 4.79 Å². The Morgan fingerprint density at radius 1 is 1.00 bits per heavy atom. The average molecular weight is 478 g/mol. The van der Waals surface area contributed by atoms with E-state index in [1.165, 1.54) is 4.90 Å². The normalized spacial score (nSPS) is 14.4. The molecule has 0 spiro atoms. The Balaban J connectivity index is 1.69. The first-order chi connectivity index (χ1) is 14.4. The van der Waals surface area contributed by atoms with E-state index in [2.05, 4.69) is 31.8 Å². The SMILES string of the molecule is COc1cc(Br)c(CN2CCN(c3ccccc3OC)CC2)cc1OC(=O)N(C)C. The van der Waals surface area contributed by atoms with Crippen molar-refractivity contribution in [2.24, 2.45) is 0 Å². The number of hydrogen-bond acceptors (Lipinski definition) is 6. The first-order valence-electron chi connectivity index (χ1n) is 9.78. The van der Waals surface area contributed by atoms with Crippen molar-refractivity contribution in [2.45, 2.75) is 6.54 Å². The van der Waals surface area contributed by atoms with Gasteiger partial charge in [0, 0.05) is 51.3 Å². The first-order valence-corrected chi connectivity index (χ1v) is 10.6. The number of rotatable bonds is 6. The second kappa shape index (κ2) is 10.0. The van der Waals surface area contributed by atoms with E-state index in [1.807, 2.05) is 30.3 Å². The summed E-state index contributed by atoms with van der Waals surface area (Å²) in [6.45, 7) is 4.41. The molecule has 0 atom stereocenters. The lowest BCUT2D eigenvalue weighted by Crippen LogP contribution is -2.46. The molecule has 1 aliphatic rings. The molecule has 0 saturated carbocycles. The van der Waals surface area contributed by atoms with Crippen LogP contribution in [0.1, 0.15) is 5.56 Å². The fourth-order valence-electron chi connectivity index (χ4n) is 3.40. The van der Waals surface area contributed by atoms with Crippen LogP contribution < -0.4 is 19.1 Å². The summed E-state index contributed by atoms with van der Waals surface area (Å²) in [5, 5.41) is 0. The van der Waals surface area contributed by atoms with Crippen molar-refractivity contribution >= 4 is 27.7 Å². The number of hydrogen-bond donors (Lipinski definition) is 0. The van der Waals surface area contributed by atoms with E-state index in [-0.39, 0.29) is 0 Å². The number of para-hydroxylation sites is 2. The first kappa shape index (κ1) is 22.2. The summed E-state index contributed by atoms with van der Waals surface area (Å²) in [4.78, 5) is 18.1. The Kier molecular flexibility index (Phi) is 7.44. The Bertz CT molecular complexity index is 883. The van der Waals surface area contributed by atoms with Crippen molar-refractivity contribution in [3.63, 3.8) is 0 Å². The number of ether oxygens (including phenoxy) is 3. The summed E-state index contributed by atoms with van der Waals surface area (Å²) in [7, 11) is 6.56. The van der Waals surface area contributed by atoms with Crippen LogP contribution in [0.2, 0.25) is 0 Å². The molecular formula is C22H28BrN3O4. The molecule has 1 aliphatic heterocycles. The van der Waals surface area contributed by atoms with Gasteiger partial charge in [0.25, 0.3) is 0 Å². The zero-order valence-corrected chi connectivity index (χ0v) is 19.4. The molecule has 2 aromatic carbocycles. The predicted molar refractivity (Wildman–Crippen MR) is 121 cm³/mol. The number of halogens is 1. The number of nitrogens with zero attached hydrogens (tertiary/aromatic N) is 3. The average Bonchev–Trinajstić information content (AvgIpc) is 2.76. The van der Waals surface area contributed by atoms with Crippen molar-refractivity contribution in [3.8, 4) is 17.2 Å². The highest BCUT2D eigenvalue weighted by Gasteiger charge is 2.21. The Labute approximate surface area is 186 Å². The highest BCUT2D eigenvalue weighted by Crippen LogP contribution is 2.35. The van der Waals surface area contributed by atoms with Gasteiger partial charge in [-0.2, -0.15) is 0 Å². The van der Waals surface area contributed by atoms with Gasteiger partial charge in [0.05, 0.1) is 19.9 Å². The standard InChI is InChI=1S/C22H28BrN3O4/c1-24(2)22(27)30-21-13-16(17(23)14-20(21)29-4)15-25-9-11-26(12-10-25)18-7-5-6-8-19(18)28-3/h5-8,13-14H,9-12,15H2,1-4H3. The third kappa shape index (κ3) is 5.17. The molecule has 1 saturated heterocycles. The molecule has 0 radical (unpaired) electrons. The largest absolute Gasteiger partial charge is 0.495 e. The van der Waals surface area contributed by atoms with Crippen molar-refractivity contribution in [1.82, 2.24) is 9.80 Å². The van der Waals surface area contributed by atoms with E-state index in [0.717, 1.165) is 54.2 Å². The van der Waals surface area contributed by atoms with Crippen LogP contribution in [-0.4, -0.2) is 70.4 Å². The quantitative estimate of drug-likeness (QED) is 0.629. The van der Waals surface area contributed by atoms with Crippen LogP contribution in [-0.2, 0) is 6.54 Å². The highest BCUT2D eigenvalue weighted by molar-refractivity contribution is 9.10. The van der Waals surface area contributed by atoms with Crippen molar-refractivity contribution in [2.75, 3.05) is 59.4 Å². The number of carbonyl (C=O) groups excluding carboxylic acids is 1. The number of methoxy groups -OCH3 is 2. The summed E-state index contributed by atoms with van der Waals surface area (Å²) in [6, 6.07) is 11.8. The fourth-order valence-corrected chi connectivity index (χ4v) is 3.85. The van der Waals surface area contributed by atoms with Crippen LogP contribution in [0.15, 0.2) is 40.9 Å². The van der Waals surface area contributed by atoms with Gasteiger partial charge in [0.2, 0.25) is 0 Å². The van der Waals surface area contributed by atoms with Crippen LogP contribution in [0, 0.1) is 0 Å². The van der Waals surface area contributed by atoms with Gasteiger partial charge in [-0.05, 0) is 29.8 Å². The van der Waals surface area contributed by atoms with Crippen molar-refractivity contribution in [1.29, 1.82) is 0 Å². The smallest absolute Gasteiger partial charge is 0.414 e. The van der Waals surface area contributed by atoms with Gasteiger partial charge in [-0.3, -0.25) is 4.90 Å². The van der Waals surface area contributed by atoms with E-state index < -0.39 is 6.09 Å². The lowest BCUT2D eigenvalue weighted by Gasteiger charge is -2.36. The third-order valence-corrected chi connectivity index (χ3v) is 5.83. The molecule has 2 aromatic rings.